The van der Waals surface area contributed by atoms with Crippen molar-refractivity contribution in [1.82, 2.24) is 0 Å². The van der Waals surface area contributed by atoms with Gasteiger partial charge in [0, 0.05) is 6.42 Å². The fourth-order valence-corrected chi connectivity index (χ4v) is 2.95. The third-order valence-electron chi connectivity index (χ3n) is 4.36. The van der Waals surface area contributed by atoms with Gasteiger partial charge in [-0.25, -0.2) is 14.3 Å². The first-order valence-electron chi connectivity index (χ1n) is 10.00. The van der Waals surface area contributed by atoms with Gasteiger partial charge in [0.1, 0.15) is 0 Å². The quantitative estimate of drug-likeness (QED) is 0.215. The molecule has 1 saturated heterocycles. The molecule has 0 amide bonds. The molecule has 0 aromatic heterocycles. The Morgan fingerprint density at radius 2 is 1.20 bits per heavy atom. The van der Waals surface area contributed by atoms with Crippen LogP contribution in [-0.4, -0.2) is 27.4 Å². The van der Waals surface area contributed by atoms with Crippen LogP contribution >= 0.6 is 7.82 Å². The first kappa shape index (κ1) is 25.0. The molecule has 1 rings (SSSR count). The number of phosphoric acid groups is 1. The van der Waals surface area contributed by atoms with Crippen LogP contribution in [0.5, 0.6) is 0 Å². The van der Waals surface area contributed by atoms with Gasteiger partial charge in [0.2, 0.25) is 0 Å². The average molecular weight is 382 g/mol. The summed E-state index contributed by atoms with van der Waals surface area (Å²) in [5.41, 5.74) is 0. The molecule has 0 saturated carbocycles. The summed E-state index contributed by atoms with van der Waals surface area (Å²) in [5, 5.41) is 0. The summed E-state index contributed by atoms with van der Waals surface area (Å²) < 4.78 is 8.88. The van der Waals surface area contributed by atoms with Crippen molar-refractivity contribution in [1.29, 1.82) is 0 Å². The normalized spacial score (nSPS) is 17.4. The van der Waals surface area contributed by atoms with E-state index in [0.29, 0.717) is 6.10 Å². The molecule has 0 aromatic carbocycles. The van der Waals surface area contributed by atoms with E-state index >= 15 is 0 Å². The minimum absolute atomic E-state index is 0.391. The molecule has 0 spiro atoms. The van der Waals surface area contributed by atoms with Gasteiger partial charge in [-0.1, -0.05) is 90.4 Å². The molecule has 1 fully saturated rings. The highest BCUT2D eigenvalue weighted by atomic mass is 31.2. The lowest BCUT2D eigenvalue weighted by atomic mass is 10.0. The molecule has 0 radical (unpaired) electrons. The Labute approximate surface area is 153 Å². The Balaban J connectivity index is 0.00000101. The van der Waals surface area contributed by atoms with Crippen LogP contribution in [0.3, 0.4) is 0 Å². The van der Waals surface area contributed by atoms with Crippen molar-refractivity contribution in [2.45, 2.75) is 109 Å². The molecule has 1 atom stereocenters. The van der Waals surface area contributed by atoms with Gasteiger partial charge in [-0.2, -0.15) is 0 Å². The van der Waals surface area contributed by atoms with Crippen molar-refractivity contribution in [3.8, 4) is 0 Å². The van der Waals surface area contributed by atoms with Crippen LogP contribution < -0.4 is 0 Å². The molecule has 1 aliphatic heterocycles. The van der Waals surface area contributed by atoms with E-state index in [4.69, 9.17) is 29.0 Å². The van der Waals surface area contributed by atoms with Crippen LogP contribution in [0.25, 0.3) is 0 Å². The maximum absolute atomic E-state index is 8.88. The minimum Gasteiger partial charge on any atom is -0.303 e. The molecule has 1 unspecified atom stereocenters. The zero-order valence-electron chi connectivity index (χ0n) is 15.9. The largest absolute Gasteiger partial charge is 0.466 e. The van der Waals surface area contributed by atoms with Crippen LogP contribution in [0.2, 0.25) is 0 Å². The molecule has 3 N–H and O–H groups in total. The molecule has 7 heteroatoms. The summed E-state index contributed by atoms with van der Waals surface area (Å²) in [7, 11) is -4.64. The lowest BCUT2D eigenvalue weighted by Crippen LogP contribution is -2.03. The minimum atomic E-state index is -4.64. The maximum atomic E-state index is 8.88. The topological polar surface area (TPSA) is 96.2 Å². The molecule has 25 heavy (non-hydrogen) atoms. The molecule has 0 bridgehead atoms. The van der Waals surface area contributed by atoms with Crippen LogP contribution in [-0.2, 0) is 14.3 Å². The number of hydrogen-bond acceptors (Lipinski definition) is 3. The van der Waals surface area contributed by atoms with Crippen molar-refractivity contribution in [2.24, 2.45) is 0 Å². The van der Waals surface area contributed by atoms with Gasteiger partial charge in [-0.3, -0.25) is 0 Å². The van der Waals surface area contributed by atoms with Crippen molar-refractivity contribution in [3.05, 3.63) is 0 Å². The van der Waals surface area contributed by atoms with Crippen molar-refractivity contribution in [3.63, 3.8) is 0 Å². The van der Waals surface area contributed by atoms with Crippen molar-refractivity contribution in [2.75, 3.05) is 6.61 Å². The SMILES string of the molecule is CCCCCCCCCCCCCCCC1CCOO1.O=P(O)(O)O. The number of unbranched alkanes of at least 4 members (excludes halogenated alkanes) is 12. The summed E-state index contributed by atoms with van der Waals surface area (Å²) in [6.07, 6.45) is 21.2. The highest BCUT2D eigenvalue weighted by Crippen LogP contribution is 2.25. The Kier molecular flexibility index (Phi) is 17.5. The lowest BCUT2D eigenvalue weighted by Gasteiger charge is -2.06. The first-order chi connectivity index (χ1) is 11.9. The Bertz CT molecular complexity index is 306. The van der Waals surface area contributed by atoms with Crippen molar-refractivity contribution < 1.29 is 29.0 Å². The third-order valence-corrected chi connectivity index (χ3v) is 4.36. The summed E-state index contributed by atoms with van der Waals surface area (Å²) in [5.74, 6) is 0. The predicted octanol–water partition coefficient (Wildman–Crippen LogP) is 5.26. The molecule has 0 aliphatic carbocycles. The molecule has 1 aliphatic rings. The van der Waals surface area contributed by atoms with Gasteiger partial charge in [0.25, 0.3) is 0 Å². The van der Waals surface area contributed by atoms with Crippen LogP contribution in [0.4, 0.5) is 0 Å². The predicted molar refractivity (Wildman–Crippen MR) is 100 cm³/mol. The standard InChI is InChI=1S/C18H36O2.H3O4P/c1-2-3-4-5-6-7-8-9-10-11-12-13-14-15-18-16-17-19-20-18;1-5(2,3)4/h18H,2-17H2,1H3;(H3,1,2,3,4). The molecule has 152 valence electrons. The maximum Gasteiger partial charge on any atom is 0.466 e. The van der Waals surface area contributed by atoms with Crippen LogP contribution in [0.1, 0.15) is 103 Å². The fourth-order valence-electron chi connectivity index (χ4n) is 2.95. The summed E-state index contributed by atoms with van der Waals surface area (Å²) in [4.78, 5) is 31.6. The van der Waals surface area contributed by atoms with Gasteiger partial charge in [0.05, 0.1) is 12.7 Å². The van der Waals surface area contributed by atoms with Gasteiger partial charge in [0.15, 0.2) is 0 Å². The smallest absolute Gasteiger partial charge is 0.303 e. The second-order valence-electron chi connectivity index (χ2n) is 6.87. The highest BCUT2D eigenvalue weighted by Gasteiger charge is 2.15. The highest BCUT2D eigenvalue weighted by molar-refractivity contribution is 7.45. The number of hydrogen-bond donors (Lipinski definition) is 3. The van der Waals surface area contributed by atoms with E-state index in [1.807, 2.05) is 0 Å². The molecular formula is C18H39O6P. The van der Waals surface area contributed by atoms with Crippen LogP contribution in [0.15, 0.2) is 0 Å². The molecule has 1 heterocycles. The third kappa shape index (κ3) is 24.0. The summed E-state index contributed by atoms with van der Waals surface area (Å²) in [6.45, 7) is 3.08. The zero-order valence-corrected chi connectivity index (χ0v) is 16.8. The molecular weight excluding hydrogens is 343 g/mol. The fraction of sp³-hybridized carbons (Fsp3) is 1.00. The monoisotopic (exact) mass is 382 g/mol. The van der Waals surface area contributed by atoms with E-state index in [-0.39, 0.29) is 0 Å². The van der Waals surface area contributed by atoms with E-state index in [0.717, 1.165) is 13.0 Å². The Morgan fingerprint density at radius 3 is 1.56 bits per heavy atom. The Morgan fingerprint density at radius 1 is 0.800 bits per heavy atom. The summed E-state index contributed by atoms with van der Waals surface area (Å²) in [6, 6.07) is 0. The first-order valence-corrected chi connectivity index (χ1v) is 11.6. The van der Waals surface area contributed by atoms with E-state index in [1.54, 1.807) is 0 Å². The van der Waals surface area contributed by atoms with E-state index in [1.165, 1.54) is 89.9 Å². The zero-order chi connectivity index (χ0) is 18.8. The average Bonchev–Trinajstić information content (AvgIpc) is 3.03. The van der Waals surface area contributed by atoms with Gasteiger partial charge < -0.3 is 14.7 Å². The van der Waals surface area contributed by atoms with Gasteiger partial charge in [-0.15, -0.1) is 0 Å². The molecule has 0 aromatic rings. The van der Waals surface area contributed by atoms with Crippen molar-refractivity contribution >= 4 is 7.82 Å². The van der Waals surface area contributed by atoms with Gasteiger partial charge in [-0.05, 0) is 6.42 Å². The second-order valence-corrected chi connectivity index (χ2v) is 7.90. The van der Waals surface area contributed by atoms with E-state index < -0.39 is 7.82 Å². The van der Waals surface area contributed by atoms with E-state index in [9.17, 15) is 0 Å². The van der Waals surface area contributed by atoms with Gasteiger partial charge >= 0.3 is 7.82 Å². The van der Waals surface area contributed by atoms with E-state index in [2.05, 4.69) is 6.92 Å². The number of rotatable bonds is 14. The second kappa shape index (κ2) is 17.4. The molecule has 6 nitrogen and oxygen atoms in total. The summed E-state index contributed by atoms with van der Waals surface area (Å²) >= 11 is 0. The lowest BCUT2D eigenvalue weighted by molar-refractivity contribution is -0.275. The Hall–Kier alpha value is 0.0300. The van der Waals surface area contributed by atoms with Crippen LogP contribution in [0, 0.1) is 0 Å².